The van der Waals surface area contributed by atoms with E-state index in [4.69, 9.17) is 0 Å². The van der Waals surface area contributed by atoms with Crippen molar-refractivity contribution in [1.29, 1.82) is 0 Å². The van der Waals surface area contributed by atoms with Crippen molar-refractivity contribution in [3.8, 4) is 0 Å². The second kappa shape index (κ2) is 9.82. The van der Waals surface area contributed by atoms with E-state index < -0.39 is 0 Å². The molecule has 0 bridgehead atoms. The minimum atomic E-state index is 0.162. The van der Waals surface area contributed by atoms with E-state index in [0.717, 1.165) is 31.7 Å². The van der Waals surface area contributed by atoms with Gasteiger partial charge in [-0.3, -0.25) is 4.79 Å². The predicted molar refractivity (Wildman–Crippen MR) is 138 cm³/mol. The van der Waals surface area contributed by atoms with Gasteiger partial charge >= 0.3 is 0 Å². The maximum absolute atomic E-state index is 13.7. The average Bonchev–Trinajstić information content (AvgIpc) is 3.15. The number of carbonyl (C=O) groups excluding carboxylic acids is 1. The molecule has 0 radical (unpaired) electrons. The van der Waals surface area contributed by atoms with Crippen molar-refractivity contribution in [3.05, 3.63) is 35.5 Å². The molecule has 1 aromatic heterocycles. The summed E-state index contributed by atoms with van der Waals surface area (Å²) >= 11 is 0. The Bertz CT molecular complexity index is 945. The smallest absolute Gasteiger partial charge is 0.226 e. The Labute approximate surface area is 201 Å². The highest BCUT2D eigenvalue weighted by Crippen LogP contribution is 2.40. The van der Waals surface area contributed by atoms with Gasteiger partial charge < -0.3 is 14.8 Å². The van der Waals surface area contributed by atoms with Crippen LogP contribution in [0.2, 0.25) is 0 Å². The molecule has 4 rings (SSSR count). The molecule has 0 spiro atoms. The summed E-state index contributed by atoms with van der Waals surface area (Å²) in [4.78, 5) is 22.2. The van der Waals surface area contributed by atoms with Crippen molar-refractivity contribution in [3.63, 3.8) is 0 Å². The van der Waals surface area contributed by atoms with Crippen LogP contribution in [0.5, 0.6) is 0 Å². The van der Waals surface area contributed by atoms with Gasteiger partial charge in [-0.05, 0) is 81.0 Å². The van der Waals surface area contributed by atoms with Crippen LogP contribution in [0.3, 0.4) is 0 Å². The Morgan fingerprint density at radius 1 is 1.15 bits per heavy atom. The monoisotopic (exact) mass is 451 g/mol. The zero-order valence-electron chi connectivity index (χ0n) is 21.8. The van der Waals surface area contributed by atoms with Crippen molar-refractivity contribution >= 4 is 16.8 Å². The largest absolute Gasteiger partial charge is 0.356 e. The van der Waals surface area contributed by atoms with Crippen LogP contribution < -0.4 is 0 Å². The van der Waals surface area contributed by atoms with E-state index in [0.29, 0.717) is 17.2 Å². The predicted octanol–water partition coefficient (Wildman–Crippen LogP) is 6.42. The number of aromatic amines is 1. The first-order chi connectivity index (χ1) is 15.6. The van der Waals surface area contributed by atoms with Crippen molar-refractivity contribution < 1.29 is 4.79 Å². The van der Waals surface area contributed by atoms with E-state index in [2.05, 4.69) is 80.7 Å². The Morgan fingerprint density at radius 2 is 1.85 bits per heavy atom. The van der Waals surface area contributed by atoms with Crippen LogP contribution in [0.25, 0.3) is 10.9 Å². The lowest BCUT2D eigenvalue weighted by molar-refractivity contribution is -0.141. The third-order valence-electron chi connectivity index (χ3n) is 8.00. The number of para-hydroxylation sites is 1. The van der Waals surface area contributed by atoms with Crippen molar-refractivity contribution in [2.24, 2.45) is 23.2 Å². The second-order valence-corrected chi connectivity index (χ2v) is 12.3. The van der Waals surface area contributed by atoms with E-state index in [1.54, 1.807) is 0 Å². The number of fused-ring (bicyclic) bond motifs is 3. The molecule has 2 aliphatic rings. The molecule has 1 atom stereocenters. The summed E-state index contributed by atoms with van der Waals surface area (Å²) < 4.78 is 0. The summed E-state index contributed by atoms with van der Waals surface area (Å²) in [5.41, 5.74) is 4.30. The fourth-order valence-electron chi connectivity index (χ4n) is 6.10. The highest BCUT2D eigenvalue weighted by molar-refractivity contribution is 5.86. The molecule has 182 valence electrons. The highest BCUT2D eigenvalue weighted by atomic mass is 16.2. The second-order valence-electron chi connectivity index (χ2n) is 12.3. The van der Waals surface area contributed by atoms with E-state index >= 15 is 0 Å². The van der Waals surface area contributed by atoms with E-state index in [-0.39, 0.29) is 12.0 Å². The molecule has 1 fully saturated rings. The Balaban J connectivity index is 1.38. The Kier molecular flexibility index (Phi) is 7.23. The number of hydrogen-bond acceptors (Lipinski definition) is 2. The number of hydrogen-bond donors (Lipinski definition) is 1. The van der Waals surface area contributed by atoms with Crippen molar-refractivity contribution in [2.45, 2.75) is 79.2 Å². The van der Waals surface area contributed by atoms with Crippen molar-refractivity contribution in [2.75, 3.05) is 26.7 Å². The van der Waals surface area contributed by atoms with Crippen molar-refractivity contribution in [1.82, 2.24) is 14.8 Å². The quantitative estimate of drug-likeness (QED) is 0.550. The molecule has 4 heteroatoms. The first kappa shape index (κ1) is 24.3. The number of nitrogens with one attached hydrogen (secondary N) is 1. The molecule has 2 aromatic rings. The molecule has 1 unspecified atom stereocenters. The van der Waals surface area contributed by atoms with Gasteiger partial charge in [-0.1, -0.05) is 52.8 Å². The summed E-state index contributed by atoms with van der Waals surface area (Å²) in [6, 6.07) is 8.76. The van der Waals surface area contributed by atoms with E-state index in [1.165, 1.54) is 54.5 Å². The third-order valence-corrected chi connectivity index (χ3v) is 8.00. The van der Waals surface area contributed by atoms with E-state index in [1.807, 2.05) is 0 Å². The molecule has 1 saturated carbocycles. The number of aromatic nitrogens is 1. The number of carbonyl (C=O) groups is 1. The topological polar surface area (TPSA) is 39.3 Å². The summed E-state index contributed by atoms with van der Waals surface area (Å²) in [7, 11) is 2.27. The van der Waals surface area contributed by atoms with Crippen LogP contribution >= 0.6 is 0 Å². The summed E-state index contributed by atoms with van der Waals surface area (Å²) in [5.74, 6) is 1.74. The fourth-order valence-corrected chi connectivity index (χ4v) is 6.10. The fraction of sp³-hybridized carbons (Fsp3) is 0.690. The number of nitrogens with zero attached hydrogens (tertiary/aromatic N) is 2. The molecule has 1 aromatic carbocycles. The van der Waals surface area contributed by atoms with Gasteiger partial charge in [0.15, 0.2) is 0 Å². The SMILES string of the molecule is CC(C)C1c2[nH]c3ccccc3c2CCN1C(=O)[C@H]1CC[C@H](CN(C)CCC(C)(C)C)CC1. The zero-order chi connectivity index (χ0) is 23.8. The standard InChI is InChI=1S/C29H45N3O/c1-20(2)27-26-24(23-9-7-8-10-25(23)30-26)15-17-32(27)28(33)22-13-11-21(12-14-22)19-31(6)18-16-29(3,4)5/h7-10,20-22,27,30H,11-19H2,1-6H3/t21-,22-,27?. The Hall–Kier alpha value is -1.81. The van der Waals surface area contributed by atoms with E-state index in [9.17, 15) is 4.79 Å². The third kappa shape index (κ3) is 5.48. The lowest BCUT2D eigenvalue weighted by Crippen LogP contribution is -2.46. The van der Waals surface area contributed by atoms with Crippen LogP contribution in [-0.4, -0.2) is 47.4 Å². The van der Waals surface area contributed by atoms with Crippen LogP contribution in [0.15, 0.2) is 24.3 Å². The van der Waals surface area contributed by atoms with Gasteiger partial charge in [-0.15, -0.1) is 0 Å². The summed E-state index contributed by atoms with van der Waals surface area (Å²) in [6.45, 7) is 14.7. The summed E-state index contributed by atoms with van der Waals surface area (Å²) in [5, 5.41) is 1.33. The zero-order valence-corrected chi connectivity index (χ0v) is 21.8. The average molecular weight is 452 g/mol. The lowest BCUT2D eigenvalue weighted by atomic mass is 9.80. The van der Waals surface area contributed by atoms with Gasteiger partial charge in [0.05, 0.1) is 6.04 Å². The molecule has 0 saturated heterocycles. The van der Waals surface area contributed by atoms with Crippen LogP contribution in [0.4, 0.5) is 0 Å². The van der Waals surface area contributed by atoms with Gasteiger partial charge in [-0.2, -0.15) is 0 Å². The number of H-pyrrole nitrogens is 1. The molecular formula is C29H45N3O. The number of amides is 1. The van der Waals surface area contributed by atoms with Gasteiger partial charge in [0.25, 0.3) is 0 Å². The number of benzene rings is 1. The Morgan fingerprint density at radius 3 is 2.52 bits per heavy atom. The molecule has 1 aliphatic carbocycles. The molecule has 4 nitrogen and oxygen atoms in total. The van der Waals surface area contributed by atoms with Gasteiger partial charge in [0.1, 0.15) is 0 Å². The molecular weight excluding hydrogens is 406 g/mol. The maximum Gasteiger partial charge on any atom is 0.226 e. The highest BCUT2D eigenvalue weighted by Gasteiger charge is 2.38. The maximum atomic E-state index is 13.7. The van der Waals surface area contributed by atoms with Crippen LogP contribution in [0.1, 0.15) is 84.0 Å². The molecule has 1 N–H and O–H groups in total. The minimum Gasteiger partial charge on any atom is -0.356 e. The molecule has 33 heavy (non-hydrogen) atoms. The molecule has 1 amide bonds. The number of rotatable bonds is 6. The molecule has 2 heterocycles. The first-order valence-electron chi connectivity index (χ1n) is 13.2. The molecule has 1 aliphatic heterocycles. The summed E-state index contributed by atoms with van der Waals surface area (Å²) in [6.07, 6.45) is 6.68. The lowest BCUT2D eigenvalue weighted by Gasteiger charge is -2.41. The van der Waals surface area contributed by atoms with Crippen LogP contribution in [-0.2, 0) is 11.2 Å². The normalized spacial score (nSPS) is 24.0. The van der Waals surface area contributed by atoms with Gasteiger partial charge in [-0.25, -0.2) is 0 Å². The first-order valence-corrected chi connectivity index (χ1v) is 13.2. The minimum absolute atomic E-state index is 0.162. The van der Waals surface area contributed by atoms with Crippen LogP contribution in [0, 0.1) is 23.2 Å². The van der Waals surface area contributed by atoms with Gasteiger partial charge in [0, 0.05) is 35.6 Å². The van der Waals surface area contributed by atoms with Gasteiger partial charge in [0.2, 0.25) is 5.91 Å².